The maximum absolute atomic E-state index is 11.6. The molecule has 4 heteroatoms. The van der Waals surface area contributed by atoms with E-state index in [9.17, 15) is 4.79 Å². The molecule has 0 aromatic carbocycles. The zero-order valence-electron chi connectivity index (χ0n) is 11.1. The van der Waals surface area contributed by atoms with Crippen LogP contribution >= 0.6 is 0 Å². The highest BCUT2D eigenvalue weighted by Gasteiger charge is 2.20. The van der Waals surface area contributed by atoms with Gasteiger partial charge in [-0.2, -0.15) is 0 Å². The van der Waals surface area contributed by atoms with E-state index in [1.165, 1.54) is 32.1 Å². The molecule has 2 N–H and O–H groups in total. The molecule has 1 aliphatic rings. The first-order valence-electron chi connectivity index (χ1n) is 6.73. The molecular formula is C13H26N2O2. The SMILES string of the molecule is COCCNCC(=O)NC(C)C1CCCCC1. The summed E-state index contributed by atoms with van der Waals surface area (Å²) in [7, 11) is 1.66. The van der Waals surface area contributed by atoms with Crippen LogP contribution in [0.2, 0.25) is 0 Å². The van der Waals surface area contributed by atoms with Crippen LogP contribution in [-0.4, -0.2) is 38.8 Å². The zero-order chi connectivity index (χ0) is 12.5. The van der Waals surface area contributed by atoms with Crippen LogP contribution in [0, 0.1) is 5.92 Å². The van der Waals surface area contributed by atoms with Gasteiger partial charge in [-0.05, 0) is 25.7 Å². The van der Waals surface area contributed by atoms with Gasteiger partial charge >= 0.3 is 0 Å². The third kappa shape index (κ3) is 6.03. The molecule has 0 spiro atoms. The molecular weight excluding hydrogens is 216 g/mol. The van der Waals surface area contributed by atoms with Gasteiger partial charge in [0.2, 0.25) is 5.91 Å². The minimum absolute atomic E-state index is 0.0965. The molecule has 0 aromatic rings. The second-order valence-electron chi connectivity index (χ2n) is 4.92. The molecule has 1 atom stereocenters. The van der Waals surface area contributed by atoms with Crippen LogP contribution in [-0.2, 0) is 9.53 Å². The van der Waals surface area contributed by atoms with Crippen molar-refractivity contribution < 1.29 is 9.53 Å². The van der Waals surface area contributed by atoms with E-state index in [0.29, 0.717) is 25.1 Å². The van der Waals surface area contributed by atoms with Crippen molar-refractivity contribution >= 4 is 5.91 Å². The largest absolute Gasteiger partial charge is 0.383 e. The summed E-state index contributed by atoms with van der Waals surface area (Å²) >= 11 is 0. The number of ether oxygens (including phenoxy) is 1. The Morgan fingerprint density at radius 2 is 2.06 bits per heavy atom. The molecule has 1 fully saturated rings. The fraction of sp³-hybridized carbons (Fsp3) is 0.923. The molecule has 1 aliphatic carbocycles. The monoisotopic (exact) mass is 242 g/mol. The van der Waals surface area contributed by atoms with Gasteiger partial charge in [-0.1, -0.05) is 19.3 Å². The highest BCUT2D eigenvalue weighted by Crippen LogP contribution is 2.26. The average Bonchev–Trinajstić information content (AvgIpc) is 2.36. The molecule has 0 aromatic heterocycles. The third-order valence-corrected chi connectivity index (χ3v) is 3.51. The van der Waals surface area contributed by atoms with Crippen LogP contribution in [0.5, 0.6) is 0 Å². The number of hydrogen-bond acceptors (Lipinski definition) is 3. The summed E-state index contributed by atoms with van der Waals surface area (Å²) in [6, 6.07) is 0.312. The first kappa shape index (κ1) is 14.5. The van der Waals surface area contributed by atoms with E-state index in [1.807, 2.05) is 0 Å². The van der Waals surface area contributed by atoms with E-state index in [-0.39, 0.29) is 5.91 Å². The molecule has 1 rings (SSSR count). The van der Waals surface area contributed by atoms with Crippen molar-refractivity contribution in [1.82, 2.24) is 10.6 Å². The van der Waals surface area contributed by atoms with Gasteiger partial charge in [0.1, 0.15) is 0 Å². The summed E-state index contributed by atoms with van der Waals surface area (Å²) in [6.07, 6.45) is 6.51. The lowest BCUT2D eigenvalue weighted by Gasteiger charge is -2.28. The first-order chi connectivity index (χ1) is 8.24. The van der Waals surface area contributed by atoms with E-state index < -0.39 is 0 Å². The van der Waals surface area contributed by atoms with Crippen LogP contribution in [0.3, 0.4) is 0 Å². The van der Waals surface area contributed by atoms with Crippen LogP contribution in [0.4, 0.5) is 0 Å². The second-order valence-corrected chi connectivity index (χ2v) is 4.92. The first-order valence-corrected chi connectivity index (χ1v) is 6.73. The molecule has 1 saturated carbocycles. The minimum atomic E-state index is 0.0965. The molecule has 4 nitrogen and oxygen atoms in total. The molecule has 1 unspecified atom stereocenters. The van der Waals surface area contributed by atoms with Crippen LogP contribution < -0.4 is 10.6 Å². The van der Waals surface area contributed by atoms with Crippen molar-refractivity contribution in [3.05, 3.63) is 0 Å². The maximum Gasteiger partial charge on any atom is 0.234 e. The summed E-state index contributed by atoms with van der Waals surface area (Å²) in [5.41, 5.74) is 0. The van der Waals surface area contributed by atoms with Crippen molar-refractivity contribution in [3.63, 3.8) is 0 Å². The van der Waals surface area contributed by atoms with Gasteiger partial charge in [0, 0.05) is 19.7 Å². The molecule has 100 valence electrons. The van der Waals surface area contributed by atoms with Crippen molar-refractivity contribution in [1.29, 1.82) is 0 Å². The Morgan fingerprint density at radius 1 is 1.35 bits per heavy atom. The van der Waals surface area contributed by atoms with Crippen LogP contribution in [0.1, 0.15) is 39.0 Å². The number of nitrogens with one attached hydrogen (secondary N) is 2. The van der Waals surface area contributed by atoms with Gasteiger partial charge < -0.3 is 15.4 Å². The number of amides is 1. The lowest BCUT2D eigenvalue weighted by Crippen LogP contribution is -2.43. The van der Waals surface area contributed by atoms with Gasteiger partial charge in [0.25, 0.3) is 0 Å². The summed E-state index contributed by atoms with van der Waals surface area (Å²) in [5, 5.41) is 6.14. The Labute approximate surface area is 104 Å². The molecule has 1 amide bonds. The molecule has 0 radical (unpaired) electrons. The van der Waals surface area contributed by atoms with Gasteiger partial charge in [-0.3, -0.25) is 4.79 Å². The third-order valence-electron chi connectivity index (χ3n) is 3.51. The number of carbonyl (C=O) groups is 1. The summed E-state index contributed by atoms with van der Waals surface area (Å²) < 4.78 is 4.91. The number of hydrogen-bond donors (Lipinski definition) is 2. The summed E-state index contributed by atoms with van der Waals surface area (Å²) in [6.45, 7) is 3.89. The Balaban J connectivity index is 2.11. The second kappa shape index (κ2) is 8.48. The number of rotatable bonds is 7. The standard InChI is InChI=1S/C13H26N2O2/c1-11(12-6-4-3-5-7-12)15-13(16)10-14-8-9-17-2/h11-12,14H,3-10H2,1-2H3,(H,15,16). The van der Waals surface area contributed by atoms with Gasteiger partial charge in [-0.15, -0.1) is 0 Å². The van der Waals surface area contributed by atoms with Gasteiger partial charge in [-0.25, -0.2) is 0 Å². The predicted octanol–water partition coefficient (Wildman–Crippen LogP) is 1.31. The molecule has 0 saturated heterocycles. The zero-order valence-corrected chi connectivity index (χ0v) is 11.1. The molecule has 17 heavy (non-hydrogen) atoms. The van der Waals surface area contributed by atoms with Gasteiger partial charge in [0.05, 0.1) is 13.2 Å². The minimum Gasteiger partial charge on any atom is -0.383 e. The normalized spacial score (nSPS) is 18.9. The van der Waals surface area contributed by atoms with E-state index in [2.05, 4.69) is 17.6 Å². The Hall–Kier alpha value is -0.610. The highest BCUT2D eigenvalue weighted by atomic mass is 16.5. The lowest BCUT2D eigenvalue weighted by molar-refractivity contribution is -0.121. The quantitative estimate of drug-likeness (QED) is 0.662. The summed E-state index contributed by atoms with van der Waals surface area (Å²) in [5.74, 6) is 0.769. The Bertz CT molecular complexity index is 215. The van der Waals surface area contributed by atoms with Crippen molar-refractivity contribution in [2.75, 3.05) is 26.8 Å². The van der Waals surface area contributed by atoms with Crippen molar-refractivity contribution in [2.24, 2.45) is 5.92 Å². The fourth-order valence-electron chi connectivity index (χ4n) is 2.43. The van der Waals surface area contributed by atoms with Crippen molar-refractivity contribution in [3.8, 4) is 0 Å². The van der Waals surface area contributed by atoms with E-state index in [4.69, 9.17) is 4.74 Å². The highest BCUT2D eigenvalue weighted by molar-refractivity contribution is 5.78. The van der Waals surface area contributed by atoms with Gasteiger partial charge in [0.15, 0.2) is 0 Å². The number of carbonyl (C=O) groups excluding carboxylic acids is 1. The molecule has 0 bridgehead atoms. The predicted molar refractivity (Wildman–Crippen MR) is 68.9 cm³/mol. The van der Waals surface area contributed by atoms with E-state index in [1.54, 1.807) is 7.11 Å². The maximum atomic E-state index is 11.6. The smallest absolute Gasteiger partial charge is 0.234 e. The fourth-order valence-corrected chi connectivity index (χ4v) is 2.43. The number of methoxy groups -OCH3 is 1. The average molecular weight is 242 g/mol. The Morgan fingerprint density at radius 3 is 2.71 bits per heavy atom. The van der Waals surface area contributed by atoms with Crippen molar-refractivity contribution in [2.45, 2.75) is 45.1 Å². The van der Waals surface area contributed by atoms with Crippen LogP contribution in [0.15, 0.2) is 0 Å². The van der Waals surface area contributed by atoms with E-state index in [0.717, 1.165) is 6.54 Å². The van der Waals surface area contributed by atoms with Crippen LogP contribution in [0.25, 0.3) is 0 Å². The topological polar surface area (TPSA) is 50.4 Å². The summed E-state index contributed by atoms with van der Waals surface area (Å²) in [4.78, 5) is 11.6. The molecule has 0 aliphatic heterocycles. The molecule has 0 heterocycles. The lowest BCUT2D eigenvalue weighted by atomic mass is 9.84. The Kier molecular flexibility index (Phi) is 7.21. The van der Waals surface area contributed by atoms with E-state index >= 15 is 0 Å².